The molecule has 1 aromatic heterocycles. The molecule has 0 saturated carbocycles. The average Bonchev–Trinajstić information content (AvgIpc) is 2.95. The Hall–Kier alpha value is -1.87. The van der Waals surface area contributed by atoms with E-state index in [0.717, 1.165) is 10.6 Å². The van der Waals surface area contributed by atoms with Gasteiger partial charge in [-0.05, 0) is 31.4 Å². The molecule has 0 aliphatic carbocycles. The zero-order valence-corrected chi connectivity index (χ0v) is 17.0. The summed E-state index contributed by atoms with van der Waals surface area (Å²) in [6, 6.07) is 8.12. The number of amides is 1. The number of rotatable bonds is 4. The largest absolute Gasteiger partial charge is 0.434 e. The minimum Gasteiger partial charge on any atom is -0.368 e. The van der Waals surface area contributed by atoms with Gasteiger partial charge in [0, 0.05) is 36.8 Å². The molecule has 10 heteroatoms. The molecule has 5 nitrogen and oxygen atoms in total. The fraction of sp³-hybridized carbons (Fsp3) is 0.444. The maximum absolute atomic E-state index is 13.2. The first-order valence-corrected chi connectivity index (χ1v) is 10.3. The summed E-state index contributed by atoms with van der Waals surface area (Å²) in [4.78, 5) is 17.4. The predicted molar refractivity (Wildman–Crippen MR) is 104 cm³/mol. The smallest absolute Gasteiger partial charge is 0.368 e. The zero-order chi connectivity index (χ0) is 20.5. The van der Waals surface area contributed by atoms with Crippen molar-refractivity contribution < 1.29 is 18.0 Å². The lowest BCUT2D eigenvalue weighted by Gasteiger charge is -2.36. The Morgan fingerprint density at radius 3 is 2.54 bits per heavy atom. The number of piperazine rings is 1. The van der Waals surface area contributed by atoms with Gasteiger partial charge in [-0.1, -0.05) is 17.7 Å². The van der Waals surface area contributed by atoms with Gasteiger partial charge in [0.2, 0.25) is 5.91 Å². The number of thioether (sulfide) groups is 1. The topological polar surface area (TPSA) is 41.4 Å². The van der Waals surface area contributed by atoms with E-state index in [2.05, 4.69) is 16.1 Å². The van der Waals surface area contributed by atoms with Crippen molar-refractivity contribution in [1.29, 1.82) is 0 Å². The van der Waals surface area contributed by atoms with Gasteiger partial charge in [-0.3, -0.25) is 4.79 Å². The number of alkyl halides is 3. The molecule has 0 unspecified atom stereocenters. The number of carbonyl (C=O) groups excluding carboxylic acids is 1. The maximum Gasteiger partial charge on any atom is 0.434 e. The summed E-state index contributed by atoms with van der Waals surface area (Å²) >= 11 is 7.40. The van der Waals surface area contributed by atoms with Crippen molar-refractivity contribution in [3.63, 3.8) is 0 Å². The molecule has 1 fully saturated rings. The monoisotopic (exact) mass is 432 g/mol. The van der Waals surface area contributed by atoms with E-state index in [-0.39, 0.29) is 5.69 Å². The molecule has 1 saturated heterocycles. The van der Waals surface area contributed by atoms with Gasteiger partial charge in [0.05, 0.1) is 10.7 Å². The lowest BCUT2D eigenvalue weighted by molar-refractivity contribution is -0.145. The van der Waals surface area contributed by atoms with Crippen LogP contribution in [0.3, 0.4) is 0 Å². The van der Waals surface area contributed by atoms with Gasteiger partial charge in [-0.15, -0.1) is 11.8 Å². The van der Waals surface area contributed by atoms with E-state index in [4.69, 9.17) is 11.6 Å². The standard InChI is InChI=1S/C18H20ClF3N4OS/c1-12-16(19)17(18(20,21)22)26(23-12)11-15(27)25-8-6-24(7-9-25)13-4-3-5-14(10-13)28-2/h3-5,10H,6-9,11H2,1-2H3. The van der Waals surface area contributed by atoms with Gasteiger partial charge < -0.3 is 9.80 Å². The molecule has 0 atom stereocenters. The maximum atomic E-state index is 13.2. The van der Waals surface area contributed by atoms with Crippen LogP contribution in [0.1, 0.15) is 11.4 Å². The number of nitrogens with zero attached hydrogens (tertiary/aromatic N) is 4. The van der Waals surface area contributed by atoms with E-state index < -0.39 is 29.3 Å². The number of hydrogen-bond donors (Lipinski definition) is 0. The molecule has 28 heavy (non-hydrogen) atoms. The average molecular weight is 433 g/mol. The molecule has 2 heterocycles. The van der Waals surface area contributed by atoms with Crippen LogP contribution in [0.15, 0.2) is 29.2 Å². The lowest BCUT2D eigenvalue weighted by atomic mass is 10.2. The van der Waals surface area contributed by atoms with E-state index in [1.54, 1.807) is 16.7 Å². The molecular weight excluding hydrogens is 413 g/mol. The molecule has 1 aliphatic heterocycles. The van der Waals surface area contributed by atoms with E-state index in [9.17, 15) is 18.0 Å². The Labute approximate surface area is 170 Å². The highest BCUT2D eigenvalue weighted by atomic mass is 35.5. The molecule has 2 aromatic rings. The van der Waals surface area contributed by atoms with Crippen molar-refractivity contribution in [1.82, 2.24) is 14.7 Å². The van der Waals surface area contributed by atoms with Crippen LogP contribution in [0.25, 0.3) is 0 Å². The van der Waals surface area contributed by atoms with Crippen LogP contribution in [0.4, 0.5) is 18.9 Å². The molecule has 0 radical (unpaired) electrons. The van der Waals surface area contributed by atoms with E-state index in [1.165, 1.54) is 6.92 Å². The summed E-state index contributed by atoms with van der Waals surface area (Å²) < 4.78 is 40.4. The van der Waals surface area contributed by atoms with Gasteiger partial charge in [-0.2, -0.15) is 18.3 Å². The van der Waals surface area contributed by atoms with Crippen LogP contribution >= 0.6 is 23.4 Å². The molecule has 0 N–H and O–H groups in total. The summed E-state index contributed by atoms with van der Waals surface area (Å²) in [5.74, 6) is -0.401. The van der Waals surface area contributed by atoms with Crippen LogP contribution < -0.4 is 4.90 Å². The number of aryl methyl sites for hydroxylation is 1. The second kappa shape index (κ2) is 8.24. The fourth-order valence-electron chi connectivity index (χ4n) is 3.19. The minimum atomic E-state index is -4.67. The Bertz CT molecular complexity index is 863. The van der Waals surface area contributed by atoms with E-state index >= 15 is 0 Å². The highest BCUT2D eigenvalue weighted by molar-refractivity contribution is 7.98. The summed E-state index contributed by atoms with van der Waals surface area (Å²) in [6.07, 6.45) is -2.66. The van der Waals surface area contributed by atoms with Crippen LogP contribution in [0.5, 0.6) is 0 Å². The number of halogens is 4. The molecule has 1 aromatic carbocycles. The number of carbonyl (C=O) groups is 1. The van der Waals surface area contributed by atoms with Crippen LogP contribution in [-0.4, -0.2) is 53.0 Å². The van der Waals surface area contributed by atoms with Crippen molar-refractivity contribution >= 4 is 35.0 Å². The van der Waals surface area contributed by atoms with E-state index in [0.29, 0.717) is 30.9 Å². The van der Waals surface area contributed by atoms with Crippen LogP contribution in [0, 0.1) is 6.92 Å². The van der Waals surface area contributed by atoms with Crippen molar-refractivity contribution in [2.75, 3.05) is 37.3 Å². The van der Waals surface area contributed by atoms with Gasteiger partial charge in [0.1, 0.15) is 6.54 Å². The Kier molecular flexibility index (Phi) is 6.14. The quantitative estimate of drug-likeness (QED) is 0.686. The minimum absolute atomic E-state index is 0.0558. The van der Waals surface area contributed by atoms with Crippen molar-refractivity contribution in [2.45, 2.75) is 24.5 Å². The molecule has 1 amide bonds. The molecule has 152 valence electrons. The summed E-state index contributed by atoms with van der Waals surface area (Å²) in [6.45, 7) is 3.03. The zero-order valence-electron chi connectivity index (χ0n) is 15.5. The Morgan fingerprint density at radius 1 is 1.25 bits per heavy atom. The lowest BCUT2D eigenvalue weighted by Crippen LogP contribution is -2.49. The van der Waals surface area contributed by atoms with E-state index in [1.807, 2.05) is 24.5 Å². The molecule has 1 aliphatic rings. The number of hydrogen-bond acceptors (Lipinski definition) is 4. The highest BCUT2D eigenvalue weighted by Crippen LogP contribution is 2.36. The number of aromatic nitrogens is 2. The van der Waals surface area contributed by atoms with Crippen LogP contribution in [-0.2, 0) is 17.5 Å². The third kappa shape index (κ3) is 4.41. The summed E-state index contributed by atoms with van der Waals surface area (Å²) in [7, 11) is 0. The predicted octanol–water partition coefficient (Wildman–Crippen LogP) is 3.93. The Morgan fingerprint density at radius 2 is 1.93 bits per heavy atom. The third-order valence-corrected chi connectivity index (χ3v) is 5.84. The SMILES string of the molecule is CSc1cccc(N2CCN(C(=O)Cn3nc(C)c(Cl)c3C(F)(F)F)CC2)c1. The number of anilines is 1. The first-order chi connectivity index (χ1) is 13.2. The normalized spacial score (nSPS) is 15.2. The second-order valence-electron chi connectivity index (χ2n) is 6.47. The summed E-state index contributed by atoms with van der Waals surface area (Å²) in [5.41, 5.74) is 0.0561. The van der Waals surface area contributed by atoms with Crippen molar-refractivity contribution in [2.24, 2.45) is 0 Å². The van der Waals surface area contributed by atoms with Crippen molar-refractivity contribution in [3.8, 4) is 0 Å². The van der Waals surface area contributed by atoms with Gasteiger partial charge >= 0.3 is 6.18 Å². The summed E-state index contributed by atoms with van der Waals surface area (Å²) in [5, 5.41) is 3.34. The molecular formula is C18H20ClF3N4OS. The molecule has 3 rings (SSSR count). The van der Waals surface area contributed by atoms with Gasteiger partial charge in [0.25, 0.3) is 0 Å². The van der Waals surface area contributed by atoms with Gasteiger partial charge in [0.15, 0.2) is 5.69 Å². The fourth-order valence-corrected chi connectivity index (χ4v) is 3.89. The molecule has 0 bridgehead atoms. The first kappa shape index (κ1) is 20.9. The Balaban J connectivity index is 1.66. The number of benzene rings is 1. The second-order valence-corrected chi connectivity index (χ2v) is 7.73. The van der Waals surface area contributed by atoms with Crippen LogP contribution in [0.2, 0.25) is 5.02 Å². The highest BCUT2D eigenvalue weighted by Gasteiger charge is 2.39. The molecule has 0 spiro atoms. The van der Waals surface area contributed by atoms with Crippen molar-refractivity contribution in [3.05, 3.63) is 40.7 Å². The third-order valence-electron chi connectivity index (χ3n) is 4.66. The first-order valence-electron chi connectivity index (χ1n) is 8.67. The van der Waals surface area contributed by atoms with Gasteiger partial charge in [-0.25, -0.2) is 4.68 Å².